The van der Waals surface area contributed by atoms with E-state index in [2.05, 4.69) is 10.4 Å². The lowest BCUT2D eigenvalue weighted by Gasteiger charge is -2.09. The molecular formula is C21H21N3O2. The molecule has 1 aliphatic carbocycles. The predicted molar refractivity (Wildman–Crippen MR) is 99.3 cm³/mol. The number of hydrogen-bond donors (Lipinski definition) is 1. The number of ether oxygens (including phenoxy) is 1. The summed E-state index contributed by atoms with van der Waals surface area (Å²) in [6, 6.07) is 17.9. The van der Waals surface area contributed by atoms with Crippen molar-refractivity contribution < 1.29 is 9.53 Å². The zero-order chi connectivity index (χ0) is 17.9. The minimum atomic E-state index is 0.0283. The van der Waals surface area contributed by atoms with Crippen LogP contribution in [0.4, 0.5) is 0 Å². The van der Waals surface area contributed by atoms with Crippen LogP contribution in [-0.2, 0) is 11.3 Å². The molecule has 26 heavy (non-hydrogen) atoms. The van der Waals surface area contributed by atoms with Crippen LogP contribution in [0.2, 0.25) is 0 Å². The van der Waals surface area contributed by atoms with Crippen molar-refractivity contribution in [3.8, 4) is 11.4 Å². The van der Waals surface area contributed by atoms with Crippen LogP contribution in [0, 0.1) is 5.92 Å². The summed E-state index contributed by atoms with van der Waals surface area (Å²) in [6.07, 6.45) is 4.53. The highest BCUT2D eigenvalue weighted by atomic mass is 16.5. The van der Waals surface area contributed by atoms with E-state index in [9.17, 15) is 4.79 Å². The SMILES string of the molecule is COc1ccccc1[C@H]1C[C@H]1C(=O)NCc1cccc(-n2cccn2)c1. The highest BCUT2D eigenvalue weighted by Gasteiger charge is 2.45. The average Bonchev–Trinajstić information content (AvgIpc) is 3.30. The van der Waals surface area contributed by atoms with Gasteiger partial charge in [0.05, 0.1) is 12.8 Å². The molecular weight excluding hydrogens is 326 g/mol. The Kier molecular flexibility index (Phi) is 4.44. The molecule has 1 saturated carbocycles. The minimum Gasteiger partial charge on any atom is -0.496 e. The molecule has 1 fully saturated rings. The summed E-state index contributed by atoms with van der Waals surface area (Å²) in [7, 11) is 1.67. The maximum atomic E-state index is 12.5. The molecule has 0 unspecified atom stereocenters. The fourth-order valence-electron chi connectivity index (χ4n) is 3.35. The molecule has 0 radical (unpaired) electrons. The molecule has 0 spiro atoms. The number of methoxy groups -OCH3 is 1. The Balaban J connectivity index is 1.37. The standard InChI is InChI=1S/C21H21N3O2/c1-26-20-9-3-2-8-17(20)18-13-19(18)21(25)22-14-15-6-4-7-16(12-15)24-11-5-10-23-24/h2-12,18-19H,13-14H2,1H3,(H,22,25)/t18-,19-/m1/s1. The third kappa shape index (κ3) is 3.33. The Bertz CT molecular complexity index is 905. The Morgan fingerprint density at radius 1 is 1.23 bits per heavy atom. The van der Waals surface area contributed by atoms with Crippen LogP contribution in [-0.4, -0.2) is 22.8 Å². The number of nitrogens with zero attached hydrogens (tertiary/aromatic N) is 2. The molecule has 1 N–H and O–H groups in total. The van der Waals surface area contributed by atoms with Crippen LogP contribution >= 0.6 is 0 Å². The van der Waals surface area contributed by atoms with E-state index in [0.29, 0.717) is 6.54 Å². The normalized spacial score (nSPS) is 18.3. The second-order valence-corrected chi connectivity index (χ2v) is 6.53. The number of nitrogens with one attached hydrogen (secondary N) is 1. The van der Waals surface area contributed by atoms with Gasteiger partial charge in [0.25, 0.3) is 0 Å². The maximum absolute atomic E-state index is 12.5. The first-order valence-corrected chi connectivity index (χ1v) is 8.76. The summed E-state index contributed by atoms with van der Waals surface area (Å²) in [6.45, 7) is 0.517. The van der Waals surface area contributed by atoms with Crippen molar-refractivity contribution in [2.24, 2.45) is 5.92 Å². The van der Waals surface area contributed by atoms with Crippen molar-refractivity contribution in [3.05, 3.63) is 78.1 Å². The van der Waals surface area contributed by atoms with Crippen LogP contribution in [0.15, 0.2) is 67.0 Å². The summed E-state index contributed by atoms with van der Waals surface area (Å²) in [4.78, 5) is 12.5. The number of benzene rings is 2. The van der Waals surface area contributed by atoms with Gasteiger partial charge in [0.1, 0.15) is 5.75 Å². The lowest BCUT2D eigenvalue weighted by molar-refractivity contribution is -0.122. The number of aromatic nitrogens is 2. The Labute approximate surface area is 152 Å². The number of para-hydroxylation sites is 1. The lowest BCUT2D eigenvalue weighted by atomic mass is 10.1. The molecule has 4 rings (SSSR count). The summed E-state index contributed by atoms with van der Waals surface area (Å²) >= 11 is 0. The minimum absolute atomic E-state index is 0.0283. The number of rotatable bonds is 6. The van der Waals surface area contributed by atoms with Gasteiger partial charge in [-0.25, -0.2) is 4.68 Å². The largest absolute Gasteiger partial charge is 0.496 e. The van der Waals surface area contributed by atoms with Gasteiger partial charge in [-0.2, -0.15) is 5.10 Å². The van der Waals surface area contributed by atoms with Crippen LogP contribution in [0.3, 0.4) is 0 Å². The van der Waals surface area contributed by atoms with Gasteiger partial charge in [0.2, 0.25) is 5.91 Å². The third-order valence-electron chi connectivity index (χ3n) is 4.81. The van der Waals surface area contributed by atoms with E-state index in [1.807, 2.05) is 65.5 Å². The van der Waals surface area contributed by atoms with Gasteiger partial charge in [0.15, 0.2) is 0 Å². The molecule has 1 heterocycles. The van der Waals surface area contributed by atoms with Crippen LogP contribution in [0.1, 0.15) is 23.5 Å². The van der Waals surface area contributed by atoms with Gasteiger partial charge in [-0.05, 0) is 47.7 Å². The zero-order valence-electron chi connectivity index (χ0n) is 14.6. The topological polar surface area (TPSA) is 56.1 Å². The van der Waals surface area contributed by atoms with Crippen molar-refractivity contribution in [3.63, 3.8) is 0 Å². The molecule has 0 bridgehead atoms. The van der Waals surface area contributed by atoms with Gasteiger partial charge in [-0.3, -0.25) is 4.79 Å². The first-order valence-electron chi connectivity index (χ1n) is 8.76. The van der Waals surface area contributed by atoms with Crippen molar-refractivity contribution >= 4 is 5.91 Å². The highest BCUT2D eigenvalue weighted by molar-refractivity contribution is 5.83. The van der Waals surface area contributed by atoms with E-state index in [-0.39, 0.29) is 17.7 Å². The Hall–Kier alpha value is -3.08. The van der Waals surface area contributed by atoms with E-state index in [0.717, 1.165) is 29.0 Å². The molecule has 132 valence electrons. The summed E-state index contributed by atoms with van der Waals surface area (Å²) in [5, 5.41) is 7.30. The second-order valence-electron chi connectivity index (χ2n) is 6.53. The molecule has 5 nitrogen and oxygen atoms in total. The van der Waals surface area contributed by atoms with Crippen molar-refractivity contribution in [1.82, 2.24) is 15.1 Å². The van der Waals surface area contributed by atoms with E-state index < -0.39 is 0 Å². The van der Waals surface area contributed by atoms with Gasteiger partial charge >= 0.3 is 0 Å². The maximum Gasteiger partial charge on any atom is 0.224 e. The van der Waals surface area contributed by atoms with E-state index in [1.54, 1.807) is 13.3 Å². The summed E-state index contributed by atoms with van der Waals surface area (Å²) in [5.41, 5.74) is 3.16. The number of amides is 1. The van der Waals surface area contributed by atoms with Crippen molar-refractivity contribution in [2.75, 3.05) is 7.11 Å². The Morgan fingerprint density at radius 3 is 2.92 bits per heavy atom. The molecule has 0 aliphatic heterocycles. The monoisotopic (exact) mass is 347 g/mol. The molecule has 1 aromatic heterocycles. The number of carbonyl (C=O) groups is 1. The zero-order valence-corrected chi connectivity index (χ0v) is 14.6. The number of hydrogen-bond acceptors (Lipinski definition) is 3. The van der Waals surface area contributed by atoms with E-state index in [1.165, 1.54) is 0 Å². The average molecular weight is 347 g/mol. The predicted octanol–water partition coefficient (Wildman–Crippen LogP) is 3.30. The molecule has 5 heteroatoms. The van der Waals surface area contributed by atoms with Crippen molar-refractivity contribution in [1.29, 1.82) is 0 Å². The van der Waals surface area contributed by atoms with Gasteiger partial charge in [-0.1, -0.05) is 30.3 Å². The first-order chi connectivity index (χ1) is 12.8. The molecule has 0 saturated heterocycles. The smallest absolute Gasteiger partial charge is 0.224 e. The second kappa shape index (κ2) is 7.04. The first kappa shape index (κ1) is 16.4. The fraction of sp³-hybridized carbons (Fsp3) is 0.238. The van der Waals surface area contributed by atoms with Gasteiger partial charge < -0.3 is 10.1 Å². The lowest BCUT2D eigenvalue weighted by Crippen LogP contribution is -2.25. The van der Waals surface area contributed by atoms with Gasteiger partial charge in [0, 0.05) is 24.9 Å². The molecule has 1 amide bonds. The van der Waals surface area contributed by atoms with Crippen LogP contribution in [0.5, 0.6) is 5.75 Å². The Morgan fingerprint density at radius 2 is 2.12 bits per heavy atom. The van der Waals surface area contributed by atoms with Crippen LogP contribution in [0.25, 0.3) is 5.69 Å². The fourth-order valence-corrected chi connectivity index (χ4v) is 3.35. The summed E-state index contributed by atoms with van der Waals surface area (Å²) in [5.74, 6) is 1.24. The molecule has 2 aromatic carbocycles. The number of carbonyl (C=O) groups excluding carboxylic acids is 1. The quantitative estimate of drug-likeness (QED) is 0.744. The highest BCUT2D eigenvalue weighted by Crippen LogP contribution is 2.50. The molecule has 1 aliphatic rings. The molecule has 2 atom stereocenters. The summed E-state index contributed by atoms with van der Waals surface area (Å²) < 4.78 is 7.22. The van der Waals surface area contributed by atoms with E-state index in [4.69, 9.17) is 4.74 Å². The van der Waals surface area contributed by atoms with Crippen molar-refractivity contribution in [2.45, 2.75) is 18.9 Å². The third-order valence-corrected chi connectivity index (χ3v) is 4.81. The van der Waals surface area contributed by atoms with Crippen LogP contribution < -0.4 is 10.1 Å². The molecule has 3 aromatic rings. The van der Waals surface area contributed by atoms with Gasteiger partial charge in [-0.15, -0.1) is 0 Å². The van der Waals surface area contributed by atoms with E-state index >= 15 is 0 Å².